The molecule has 2 heterocycles. The summed E-state index contributed by atoms with van der Waals surface area (Å²) in [5.41, 5.74) is 23.1. The molecule has 0 atom stereocenters. The third-order valence-electron chi connectivity index (χ3n) is 17.1. The van der Waals surface area contributed by atoms with Crippen molar-refractivity contribution < 1.29 is 4.42 Å². The van der Waals surface area contributed by atoms with Crippen molar-refractivity contribution in [1.82, 2.24) is 0 Å². The zero-order valence-corrected chi connectivity index (χ0v) is 41.4. The number of benzene rings is 6. The number of hydrogen-bond donors (Lipinski definition) is 1. The summed E-state index contributed by atoms with van der Waals surface area (Å²) in [6.07, 6.45) is 7.09. The lowest BCUT2D eigenvalue weighted by Crippen LogP contribution is -2.44. The molecule has 4 aliphatic rings. The van der Waals surface area contributed by atoms with Crippen LogP contribution in [0.25, 0.3) is 33.1 Å². The number of fused-ring (bicyclic) bond motifs is 8. The van der Waals surface area contributed by atoms with Crippen LogP contribution in [0.3, 0.4) is 0 Å². The van der Waals surface area contributed by atoms with Crippen LogP contribution < -0.4 is 21.1 Å². The first-order chi connectivity index (χ1) is 30.5. The summed E-state index contributed by atoms with van der Waals surface area (Å²) in [5, 5.41) is 6.31. The Morgan fingerprint density at radius 1 is 0.508 bits per heavy atom. The molecule has 6 aromatic carbocycles. The zero-order valence-electron chi connectivity index (χ0n) is 41.4. The van der Waals surface area contributed by atoms with Gasteiger partial charge in [-0.2, -0.15) is 0 Å². The first-order valence-corrected chi connectivity index (χ1v) is 24.6. The molecule has 1 aliphatic heterocycles. The third kappa shape index (κ3) is 6.58. The van der Waals surface area contributed by atoms with E-state index in [1.165, 1.54) is 111 Å². The maximum Gasteiger partial charge on any atom is 0.197 e. The van der Waals surface area contributed by atoms with E-state index in [0.717, 1.165) is 38.9 Å². The van der Waals surface area contributed by atoms with Crippen molar-refractivity contribution in [2.24, 2.45) is 0 Å². The highest BCUT2D eigenvalue weighted by atomic mass is 16.3. The van der Waals surface area contributed by atoms with Gasteiger partial charge in [0.05, 0.1) is 5.69 Å². The van der Waals surface area contributed by atoms with E-state index in [4.69, 9.17) is 4.42 Å². The first-order valence-electron chi connectivity index (χ1n) is 24.6. The van der Waals surface area contributed by atoms with E-state index >= 15 is 0 Å². The van der Waals surface area contributed by atoms with Crippen LogP contribution in [-0.2, 0) is 32.5 Å². The van der Waals surface area contributed by atoms with E-state index in [1.807, 2.05) is 0 Å². The Kier molecular flexibility index (Phi) is 9.08. The molecule has 4 heteroatoms. The molecule has 0 fully saturated rings. The van der Waals surface area contributed by atoms with Gasteiger partial charge in [-0.25, -0.2) is 0 Å². The number of nitrogens with one attached hydrogen (secondary N) is 1. The van der Waals surface area contributed by atoms with Gasteiger partial charge in [-0.15, -0.1) is 0 Å². The van der Waals surface area contributed by atoms with Gasteiger partial charge in [0.2, 0.25) is 0 Å². The second-order valence-corrected chi connectivity index (χ2v) is 24.6. The summed E-state index contributed by atoms with van der Waals surface area (Å²) in [6, 6.07) is 37.6. The number of nitrogens with zero attached hydrogens (tertiary/aromatic N) is 1. The van der Waals surface area contributed by atoms with Crippen LogP contribution >= 0.6 is 0 Å². The number of aryl methyl sites for hydroxylation is 1. The Morgan fingerprint density at radius 3 is 1.71 bits per heavy atom. The Labute approximate surface area is 389 Å². The summed E-state index contributed by atoms with van der Waals surface area (Å²) in [4.78, 5) is 2.62. The first kappa shape index (κ1) is 42.4. The van der Waals surface area contributed by atoms with Crippen molar-refractivity contribution in [3.8, 4) is 11.1 Å². The van der Waals surface area contributed by atoms with Crippen molar-refractivity contribution >= 4 is 68.6 Å². The van der Waals surface area contributed by atoms with Crippen molar-refractivity contribution in [2.45, 2.75) is 161 Å². The molecule has 7 aromatic rings. The molecule has 0 amide bonds. The van der Waals surface area contributed by atoms with Crippen LogP contribution in [0, 0.1) is 6.92 Å². The minimum atomic E-state index is 0.0740. The minimum absolute atomic E-state index is 0.0740. The average molecular weight is 856 g/mol. The van der Waals surface area contributed by atoms with E-state index in [2.05, 4.69) is 205 Å². The van der Waals surface area contributed by atoms with E-state index in [-0.39, 0.29) is 32.5 Å². The Balaban J connectivity index is 1.18. The fourth-order valence-corrected chi connectivity index (χ4v) is 12.5. The van der Waals surface area contributed by atoms with Gasteiger partial charge in [-0.05, 0) is 183 Å². The SMILES string of the molecule is Cc1cc(-c2c(Nc3ccc4c(c3)C(C)(C)CCC4(C)C)ccc3c2oc2ccccc23)c2c(c1)N(c1ccc3c(c1)C(C)(C)CCC3(C)C)c1cc3c(cc1[B]2)C(C)(C)CCC3(C)C. The normalized spacial score (nSPS) is 20.2. The van der Waals surface area contributed by atoms with Crippen LogP contribution in [0.1, 0.15) is 161 Å². The summed E-state index contributed by atoms with van der Waals surface area (Å²) in [6.45, 7) is 31.5. The lowest BCUT2D eigenvalue weighted by atomic mass is 9.55. The van der Waals surface area contributed by atoms with Gasteiger partial charge in [-0.1, -0.05) is 131 Å². The Hall–Kier alpha value is -5.22. The lowest BCUT2D eigenvalue weighted by molar-refractivity contribution is 0.332. The summed E-state index contributed by atoms with van der Waals surface area (Å²) >= 11 is 0. The zero-order chi connectivity index (χ0) is 45.8. The molecule has 65 heavy (non-hydrogen) atoms. The molecule has 0 saturated carbocycles. The van der Waals surface area contributed by atoms with E-state index < -0.39 is 0 Å². The molecule has 0 unspecified atom stereocenters. The molecule has 0 bridgehead atoms. The fraction of sp³-hybridized carbons (Fsp3) is 0.410. The molecule has 0 saturated heterocycles. The second kappa shape index (κ2) is 13.9. The molecule has 11 rings (SSSR count). The van der Waals surface area contributed by atoms with E-state index in [0.29, 0.717) is 0 Å². The van der Waals surface area contributed by atoms with Gasteiger partial charge in [0.15, 0.2) is 7.28 Å². The van der Waals surface area contributed by atoms with Gasteiger partial charge in [0.25, 0.3) is 0 Å². The van der Waals surface area contributed by atoms with Gasteiger partial charge >= 0.3 is 0 Å². The Bertz CT molecular complexity index is 3130. The average Bonchev–Trinajstić information content (AvgIpc) is 3.63. The molecule has 3 nitrogen and oxygen atoms in total. The van der Waals surface area contributed by atoms with E-state index in [9.17, 15) is 0 Å². The van der Waals surface area contributed by atoms with Crippen LogP contribution in [0.15, 0.2) is 101 Å². The monoisotopic (exact) mass is 856 g/mol. The van der Waals surface area contributed by atoms with Gasteiger partial charge in [-0.3, -0.25) is 0 Å². The predicted molar refractivity (Wildman–Crippen MR) is 279 cm³/mol. The third-order valence-corrected chi connectivity index (χ3v) is 17.1. The highest BCUT2D eigenvalue weighted by Crippen LogP contribution is 2.53. The largest absolute Gasteiger partial charge is 0.455 e. The topological polar surface area (TPSA) is 28.4 Å². The molecule has 0 spiro atoms. The number of rotatable bonds is 4. The van der Waals surface area contributed by atoms with Crippen LogP contribution in [0.5, 0.6) is 0 Å². The number of para-hydroxylation sites is 1. The van der Waals surface area contributed by atoms with Gasteiger partial charge < -0.3 is 14.6 Å². The summed E-state index contributed by atoms with van der Waals surface area (Å²) in [7, 11) is 2.51. The predicted octanol–water partition coefficient (Wildman–Crippen LogP) is 15.8. The molecule has 331 valence electrons. The number of hydrogen-bond acceptors (Lipinski definition) is 3. The molecule has 1 aromatic heterocycles. The van der Waals surface area contributed by atoms with Crippen molar-refractivity contribution in [3.05, 3.63) is 136 Å². The molecular formula is C61H68BN2O. The van der Waals surface area contributed by atoms with Crippen molar-refractivity contribution in [1.29, 1.82) is 0 Å². The van der Waals surface area contributed by atoms with Crippen LogP contribution in [0.2, 0.25) is 0 Å². The molecule has 1 N–H and O–H groups in total. The van der Waals surface area contributed by atoms with Crippen LogP contribution in [0.4, 0.5) is 28.4 Å². The van der Waals surface area contributed by atoms with E-state index in [1.54, 1.807) is 0 Å². The molecule has 3 aliphatic carbocycles. The van der Waals surface area contributed by atoms with Crippen LogP contribution in [-0.4, -0.2) is 7.28 Å². The second-order valence-electron chi connectivity index (χ2n) is 24.6. The smallest absolute Gasteiger partial charge is 0.197 e. The van der Waals surface area contributed by atoms with Gasteiger partial charge in [0.1, 0.15) is 11.2 Å². The number of anilines is 5. The highest BCUT2D eigenvalue weighted by molar-refractivity contribution is 6.73. The number of furan rings is 1. The Morgan fingerprint density at radius 2 is 1.06 bits per heavy atom. The standard InChI is InChI=1S/C61H68BN2O/c1-36-30-41(53-49(23-20-40-39-16-14-15-17-52(39)65-55(40)53)63-37-18-21-42-44(32-37)58(6,7)26-24-56(42,2)3)54-51(31-36)64(38-19-22-43-45(33-38)59(8,9)27-25-57(43,4)5)50-35-47-46(34-48(50)62-54)60(10,11)28-29-61(47,12)13/h14-23,30-35,63H,24-29H2,1-13H3. The highest BCUT2D eigenvalue weighted by Gasteiger charge is 2.42. The molecular weight excluding hydrogens is 787 g/mol. The van der Waals surface area contributed by atoms with Gasteiger partial charge in [0, 0.05) is 39.1 Å². The van der Waals surface area contributed by atoms with Crippen molar-refractivity contribution in [3.63, 3.8) is 0 Å². The summed E-state index contributed by atoms with van der Waals surface area (Å²) in [5.74, 6) is 0. The molecule has 1 radical (unpaired) electrons. The minimum Gasteiger partial charge on any atom is -0.455 e. The lowest BCUT2D eigenvalue weighted by Gasteiger charge is -2.45. The maximum atomic E-state index is 7.04. The fourth-order valence-electron chi connectivity index (χ4n) is 12.5. The quantitative estimate of drug-likeness (QED) is 0.179. The summed E-state index contributed by atoms with van der Waals surface area (Å²) < 4.78 is 7.04. The van der Waals surface area contributed by atoms with Crippen molar-refractivity contribution in [2.75, 3.05) is 10.2 Å². The maximum absolute atomic E-state index is 7.04.